The molecule has 9 nitrogen and oxygen atoms in total. The van der Waals surface area contributed by atoms with Gasteiger partial charge in [-0.25, -0.2) is 22.4 Å². The Bertz CT molecular complexity index is 2470. The molecule has 3 aromatic carbocycles. The molecular weight excluding hydrogens is 687 g/mol. The smallest absolute Gasteiger partial charge is 0.269 e. The van der Waals surface area contributed by atoms with E-state index in [1.54, 1.807) is 73.1 Å². The minimum absolute atomic E-state index is 0.0808. The van der Waals surface area contributed by atoms with Crippen molar-refractivity contribution in [1.82, 2.24) is 18.5 Å². The van der Waals surface area contributed by atoms with Gasteiger partial charge in [0.05, 0.1) is 22.7 Å². The summed E-state index contributed by atoms with van der Waals surface area (Å²) >= 11 is 0. The Balaban J connectivity index is 1.17. The number of ketones is 1. The van der Waals surface area contributed by atoms with Crippen LogP contribution in [-0.4, -0.2) is 40.8 Å². The second kappa shape index (κ2) is 14.3. The van der Waals surface area contributed by atoms with Crippen LogP contribution < -0.4 is 4.74 Å². The molecule has 0 unspecified atom stereocenters. The van der Waals surface area contributed by atoms with E-state index in [1.165, 1.54) is 3.97 Å². The third-order valence-corrected chi connectivity index (χ3v) is 12.0. The summed E-state index contributed by atoms with van der Waals surface area (Å²) in [5.74, 6) is 4.79. The number of carbonyl (C=O) groups excluding carboxylic acids is 1. The van der Waals surface area contributed by atoms with E-state index in [4.69, 9.17) is 9.72 Å². The van der Waals surface area contributed by atoms with Crippen LogP contribution in [0, 0.1) is 28.7 Å². The van der Waals surface area contributed by atoms with Gasteiger partial charge in [-0.15, -0.1) is 5.54 Å². The van der Waals surface area contributed by atoms with E-state index < -0.39 is 18.1 Å². The molecule has 0 bridgehead atoms. The molecule has 52 heavy (non-hydrogen) atoms. The highest BCUT2D eigenvalue weighted by Gasteiger charge is 2.29. The van der Waals surface area contributed by atoms with Gasteiger partial charge in [0.15, 0.2) is 11.4 Å². The van der Waals surface area contributed by atoms with Gasteiger partial charge in [0, 0.05) is 40.7 Å². The topological polar surface area (TPSA) is 120 Å². The number of hydrogen-bond acceptors (Lipinski definition) is 7. The van der Waals surface area contributed by atoms with Crippen molar-refractivity contribution in [2.24, 2.45) is 5.92 Å². The Hall–Kier alpha value is -5.49. The number of aromatic nitrogens is 4. The van der Waals surface area contributed by atoms with Crippen molar-refractivity contribution in [2.75, 3.05) is 0 Å². The van der Waals surface area contributed by atoms with E-state index in [0.29, 0.717) is 51.6 Å². The summed E-state index contributed by atoms with van der Waals surface area (Å²) in [5, 5.41) is 9.98. The Morgan fingerprint density at radius 3 is 2.25 bits per heavy atom. The molecule has 7 rings (SSSR count). The number of ether oxygens (including phenoxy) is 1. The average molecular weight is 726 g/mol. The summed E-state index contributed by atoms with van der Waals surface area (Å²) in [6.45, 7) is 6.75. The third kappa shape index (κ3) is 7.16. The van der Waals surface area contributed by atoms with Crippen LogP contribution in [0.15, 0.2) is 102 Å². The maximum atomic E-state index is 13.6. The average Bonchev–Trinajstić information content (AvgIpc) is 3.76. The van der Waals surface area contributed by atoms with Crippen LogP contribution in [0.3, 0.4) is 0 Å². The van der Waals surface area contributed by atoms with E-state index >= 15 is 0 Å². The molecule has 1 aliphatic carbocycles. The van der Waals surface area contributed by atoms with E-state index in [9.17, 15) is 18.5 Å². The van der Waals surface area contributed by atoms with E-state index in [-0.39, 0.29) is 23.3 Å². The van der Waals surface area contributed by atoms with Gasteiger partial charge < -0.3 is 9.30 Å². The molecule has 1 saturated carbocycles. The number of rotatable bonds is 9. The molecule has 1 fully saturated rings. The van der Waals surface area contributed by atoms with Crippen LogP contribution in [-0.2, 0) is 16.6 Å². The van der Waals surface area contributed by atoms with Gasteiger partial charge in [-0.1, -0.05) is 43.8 Å². The van der Waals surface area contributed by atoms with Crippen LogP contribution in [0.1, 0.15) is 65.5 Å². The van der Waals surface area contributed by atoms with Gasteiger partial charge in [-0.05, 0) is 98.3 Å². The molecule has 0 amide bonds. The lowest BCUT2D eigenvalue weighted by Crippen LogP contribution is -2.20. The van der Waals surface area contributed by atoms with Crippen LogP contribution in [0.5, 0.6) is 5.75 Å². The van der Waals surface area contributed by atoms with Crippen molar-refractivity contribution < 1.29 is 17.9 Å². The van der Waals surface area contributed by atoms with Crippen molar-refractivity contribution in [1.29, 1.82) is 5.26 Å². The molecule has 3 heterocycles. The zero-order valence-corrected chi connectivity index (χ0v) is 31.2. The summed E-state index contributed by atoms with van der Waals surface area (Å²) in [4.78, 5) is 23.0. The lowest BCUT2D eigenvalue weighted by Gasteiger charge is -2.30. The number of imidazole rings is 1. The molecule has 0 aliphatic heterocycles. The second-order valence-electron chi connectivity index (χ2n) is 14.3. The molecule has 0 saturated heterocycles. The van der Waals surface area contributed by atoms with Gasteiger partial charge in [0.2, 0.25) is 0 Å². The van der Waals surface area contributed by atoms with Crippen LogP contribution in [0.25, 0.3) is 22.1 Å². The molecule has 3 aromatic heterocycles. The molecule has 0 atom stereocenters. The Kier molecular flexibility index (Phi) is 9.58. The fourth-order valence-corrected chi connectivity index (χ4v) is 8.65. The molecule has 6 aromatic rings. The first-order chi connectivity index (χ1) is 25.0. The first-order valence-electron chi connectivity index (χ1n) is 17.5. The highest BCUT2D eigenvalue weighted by atomic mass is 32.2. The minimum atomic E-state index is -3.88. The Labute approximate surface area is 305 Å². The predicted molar refractivity (Wildman–Crippen MR) is 204 cm³/mol. The van der Waals surface area contributed by atoms with Crippen LogP contribution in [0.2, 0.25) is 19.6 Å². The largest absolute Gasteiger partial charge is 0.486 e. The number of carbonyl (C=O) groups is 1. The monoisotopic (exact) mass is 725 g/mol. The van der Waals surface area contributed by atoms with Gasteiger partial charge in [-0.2, -0.15) is 5.26 Å². The Morgan fingerprint density at radius 1 is 0.923 bits per heavy atom. The zero-order valence-electron chi connectivity index (χ0n) is 29.4. The SMILES string of the molecule is C[Si](C)(C)C#Cc1ccc(C(=O)c2ccc(OCc3nc4cnc5c(ccn5S(=O)(=O)c5ccccc5)c4n3[C@H]3CC[C@H](CC#N)CC3)cc2)cc1. The minimum Gasteiger partial charge on any atom is -0.486 e. The van der Waals surface area contributed by atoms with Crippen molar-refractivity contribution in [2.45, 2.75) is 69.3 Å². The van der Waals surface area contributed by atoms with E-state index in [2.05, 4.69) is 46.7 Å². The van der Waals surface area contributed by atoms with Crippen molar-refractivity contribution in [3.05, 3.63) is 120 Å². The predicted octanol–water partition coefficient (Wildman–Crippen LogP) is 8.31. The highest BCUT2D eigenvalue weighted by Crippen LogP contribution is 2.38. The molecular formula is C41H39N5O4SSi. The van der Waals surface area contributed by atoms with Crippen molar-refractivity contribution in [3.63, 3.8) is 0 Å². The lowest BCUT2D eigenvalue weighted by molar-refractivity contribution is 0.103. The molecule has 0 radical (unpaired) electrons. The first-order valence-corrected chi connectivity index (χ1v) is 22.4. The van der Waals surface area contributed by atoms with Crippen LogP contribution in [0.4, 0.5) is 0 Å². The number of hydrogen-bond donors (Lipinski definition) is 0. The second-order valence-corrected chi connectivity index (χ2v) is 20.9. The van der Waals surface area contributed by atoms with Gasteiger partial charge in [-0.3, -0.25) is 4.79 Å². The van der Waals surface area contributed by atoms with E-state index in [1.807, 2.05) is 24.3 Å². The normalized spacial score (nSPS) is 16.3. The summed E-state index contributed by atoms with van der Waals surface area (Å²) in [6.07, 6.45) is 7.28. The van der Waals surface area contributed by atoms with Crippen LogP contribution >= 0.6 is 0 Å². The molecule has 0 N–H and O–H groups in total. The number of nitrogens with zero attached hydrogens (tertiary/aromatic N) is 5. The number of fused-ring (bicyclic) bond motifs is 3. The molecule has 11 heteroatoms. The highest BCUT2D eigenvalue weighted by molar-refractivity contribution is 7.90. The number of pyridine rings is 1. The number of benzene rings is 3. The fourth-order valence-electron chi connectivity index (χ4n) is 6.81. The van der Waals surface area contributed by atoms with Crippen molar-refractivity contribution >= 4 is 45.9 Å². The van der Waals surface area contributed by atoms with Gasteiger partial charge >= 0.3 is 0 Å². The summed E-state index contributed by atoms with van der Waals surface area (Å²) in [7, 11) is -5.37. The lowest BCUT2D eigenvalue weighted by atomic mass is 9.84. The summed E-state index contributed by atoms with van der Waals surface area (Å²) in [5.41, 5.74) is 7.19. The number of nitriles is 1. The molecule has 0 spiro atoms. The molecule has 1 aliphatic rings. The summed E-state index contributed by atoms with van der Waals surface area (Å²) < 4.78 is 37.0. The van der Waals surface area contributed by atoms with Gasteiger partial charge in [0.1, 0.15) is 31.8 Å². The quantitative estimate of drug-likeness (QED) is 0.0836. The molecule has 262 valence electrons. The third-order valence-electron chi connectivity index (χ3n) is 9.48. The van der Waals surface area contributed by atoms with Gasteiger partial charge in [0.25, 0.3) is 10.0 Å². The Morgan fingerprint density at radius 2 is 1.60 bits per heavy atom. The summed E-state index contributed by atoms with van der Waals surface area (Å²) in [6, 6.07) is 27.0. The van der Waals surface area contributed by atoms with E-state index in [0.717, 1.165) is 36.8 Å². The first kappa shape index (κ1) is 34.9. The van der Waals surface area contributed by atoms with Crippen molar-refractivity contribution in [3.8, 4) is 23.3 Å². The maximum Gasteiger partial charge on any atom is 0.269 e. The fraction of sp³-hybridized carbons (Fsp3) is 0.268. The maximum absolute atomic E-state index is 13.6. The standard InChI is InChI=1S/C41H39N5O4SSi/c1-52(2,3)26-23-30-9-13-31(14-10-30)40(47)32-15-19-34(20-16-32)50-28-38-44-37-27-43-41-36(22-25-45(41)51(48,49)35-7-5-4-6-8-35)39(37)46(38)33-17-11-29(12-18-33)21-24-42/h4-10,13-16,19-20,22,25,27,29,33H,11-12,17-18,21,28H2,1-3H3/t29-,33-. The zero-order chi connectivity index (χ0) is 36.5.